The van der Waals surface area contributed by atoms with Gasteiger partial charge in [-0.3, -0.25) is 9.10 Å². The standard InChI is InChI=1S/C23H30N2O5S/c1-23(2)16-20(19-15-18(29-3)12-13-21(19)30-23)24-22(26)11-8-14-25(31(4,27)28)17-9-6-5-7-10-17/h5-7,9-10,12-13,15,20H,8,11,14,16H2,1-4H3,(H,24,26)/t20-/m0/s1. The van der Waals surface area contributed by atoms with Crippen LogP contribution in [0.15, 0.2) is 48.5 Å². The monoisotopic (exact) mass is 446 g/mol. The highest BCUT2D eigenvalue weighted by Gasteiger charge is 2.34. The summed E-state index contributed by atoms with van der Waals surface area (Å²) in [7, 11) is -1.83. The lowest BCUT2D eigenvalue weighted by Gasteiger charge is -2.38. The summed E-state index contributed by atoms with van der Waals surface area (Å²) >= 11 is 0. The van der Waals surface area contributed by atoms with Crippen LogP contribution < -0.4 is 19.1 Å². The highest BCUT2D eigenvalue weighted by atomic mass is 32.2. The van der Waals surface area contributed by atoms with Gasteiger partial charge in [0.15, 0.2) is 0 Å². The third-order valence-corrected chi connectivity index (χ3v) is 6.41. The van der Waals surface area contributed by atoms with Crippen LogP contribution in [0.5, 0.6) is 11.5 Å². The third kappa shape index (κ3) is 5.91. The number of nitrogens with zero attached hydrogens (tertiary/aromatic N) is 1. The van der Waals surface area contributed by atoms with E-state index in [9.17, 15) is 13.2 Å². The van der Waals surface area contributed by atoms with Crippen LogP contribution in [0.2, 0.25) is 0 Å². The first-order chi connectivity index (χ1) is 14.6. The molecule has 168 valence electrons. The molecule has 0 bridgehead atoms. The van der Waals surface area contributed by atoms with Gasteiger partial charge in [-0.25, -0.2) is 8.42 Å². The summed E-state index contributed by atoms with van der Waals surface area (Å²) in [6.45, 7) is 4.21. The van der Waals surface area contributed by atoms with Gasteiger partial charge in [0, 0.05) is 24.9 Å². The van der Waals surface area contributed by atoms with Crippen molar-refractivity contribution in [3.63, 3.8) is 0 Å². The second kappa shape index (κ2) is 9.18. The summed E-state index contributed by atoms with van der Waals surface area (Å²) in [4.78, 5) is 12.7. The molecule has 1 aliphatic rings. The molecule has 1 aliphatic heterocycles. The molecule has 1 N–H and O–H groups in total. The predicted molar refractivity (Wildman–Crippen MR) is 121 cm³/mol. The van der Waals surface area contributed by atoms with Gasteiger partial charge in [0.2, 0.25) is 15.9 Å². The number of carbonyl (C=O) groups is 1. The zero-order valence-electron chi connectivity index (χ0n) is 18.4. The highest BCUT2D eigenvalue weighted by Crippen LogP contribution is 2.41. The molecule has 1 heterocycles. The lowest BCUT2D eigenvalue weighted by Crippen LogP contribution is -2.41. The van der Waals surface area contributed by atoms with Gasteiger partial charge in [-0.2, -0.15) is 0 Å². The van der Waals surface area contributed by atoms with Gasteiger partial charge in [0.25, 0.3) is 0 Å². The van der Waals surface area contributed by atoms with Crippen LogP contribution in [0.3, 0.4) is 0 Å². The van der Waals surface area contributed by atoms with Crippen molar-refractivity contribution in [3.05, 3.63) is 54.1 Å². The second-order valence-corrected chi connectivity index (χ2v) is 10.3. The zero-order valence-corrected chi connectivity index (χ0v) is 19.2. The molecular weight excluding hydrogens is 416 g/mol. The Morgan fingerprint density at radius 3 is 2.58 bits per heavy atom. The normalized spacial score (nSPS) is 17.2. The molecule has 0 saturated carbocycles. The van der Waals surface area contributed by atoms with Crippen LogP contribution in [0.4, 0.5) is 5.69 Å². The topological polar surface area (TPSA) is 84.9 Å². The highest BCUT2D eigenvalue weighted by molar-refractivity contribution is 7.92. The van der Waals surface area contributed by atoms with E-state index in [0.717, 1.165) is 11.3 Å². The van der Waals surface area contributed by atoms with Crippen LogP contribution in [-0.2, 0) is 14.8 Å². The van der Waals surface area contributed by atoms with Gasteiger partial charge in [-0.15, -0.1) is 0 Å². The predicted octanol–water partition coefficient (Wildman–Crippen LogP) is 3.66. The maximum atomic E-state index is 12.7. The van der Waals surface area contributed by atoms with Crippen molar-refractivity contribution in [3.8, 4) is 11.5 Å². The van der Waals surface area contributed by atoms with Crippen LogP contribution in [-0.4, -0.2) is 39.8 Å². The summed E-state index contributed by atoms with van der Waals surface area (Å²) in [6, 6.07) is 14.3. The minimum atomic E-state index is -3.43. The Bertz CT molecular complexity index is 1020. The van der Waals surface area contributed by atoms with E-state index in [1.807, 2.05) is 38.1 Å². The molecule has 0 saturated heterocycles. The Balaban J connectivity index is 1.65. The summed E-state index contributed by atoms with van der Waals surface area (Å²) < 4.78 is 37.1. The number of hydrogen-bond acceptors (Lipinski definition) is 5. The third-order valence-electron chi connectivity index (χ3n) is 5.22. The number of ether oxygens (including phenoxy) is 2. The number of para-hydroxylation sites is 1. The van der Waals surface area contributed by atoms with E-state index in [1.165, 1.54) is 10.6 Å². The molecule has 8 heteroatoms. The van der Waals surface area contributed by atoms with Crippen LogP contribution in [0.25, 0.3) is 0 Å². The fraction of sp³-hybridized carbons (Fsp3) is 0.435. The first kappa shape index (κ1) is 22.9. The van der Waals surface area contributed by atoms with E-state index in [1.54, 1.807) is 31.4 Å². The van der Waals surface area contributed by atoms with E-state index < -0.39 is 15.6 Å². The summed E-state index contributed by atoms with van der Waals surface area (Å²) in [5, 5.41) is 3.09. The average Bonchev–Trinajstić information content (AvgIpc) is 2.70. The molecule has 1 atom stereocenters. The smallest absolute Gasteiger partial charge is 0.232 e. The molecule has 0 aliphatic carbocycles. The molecule has 0 radical (unpaired) electrons. The molecule has 7 nitrogen and oxygen atoms in total. The molecule has 0 aromatic heterocycles. The summed E-state index contributed by atoms with van der Waals surface area (Å²) in [5.74, 6) is 1.31. The molecule has 0 fully saturated rings. The van der Waals surface area contributed by atoms with Crippen molar-refractivity contribution in [1.29, 1.82) is 0 Å². The number of hydrogen-bond donors (Lipinski definition) is 1. The molecule has 0 unspecified atom stereocenters. The largest absolute Gasteiger partial charge is 0.497 e. The number of anilines is 1. The van der Waals surface area contributed by atoms with Crippen molar-refractivity contribution in [2.45, 2.75) is 44.8 Å². The second-order valence-electron chi connectivity index (χ2n) is 8.36. The number of benzene rings is 2. The SMILES string of the molecule is COc1ccc2c(c1)[C@@H](NC(=O)CCCN(c1ccccc1)S(C)(=O)=O)CC(C)(C)O2. The number of sulfonamides is 1. The van der Waals surface area contributed by atoms with Gasteiger partial charge in [-0.1, -0.05) is 18.2 Å². The summed E-state index contributed by atoms with van der Waals surface area (Å²) in [6.07, 6.45) is 2.42. The van der Waals surface area contributed by atoms with E-state index in [-0.39, 0.29) is 24.9 Å². The minimum absolute atomic E-state index is 0.127. The molecule has 3 rings (SSSR count). The first-order valence-corrected chi connectivity index (χ1v) is 12.1. The van der Waals surface area contributed by atoms with Gasteiger partial charge in [0.1, 0.15) is 17.1 Å². The Morgan fingerprint density at radius 2 is 1.94 bits per heavy atom. The van der Waals surface area contributed by atoms with Crippen molar-refractivity contribution in [2.24, 2.45) is 0 Å². The van der Waals surface area contributed by atoms with Crippen LogP contribution in [0.1, 0.15) is 44.7 Å². The maximum absolute atomic E-state index is 12.7. The van der Waals surface area contributed by atoms with E-state index in [2.05, 4.69) is 5.32 Å². The van der Waals surface area contributed by atoms with Gasteiger partial charge < -0.3 is 14.8 Å². The fourth-order valence-electron chi connectivity index (χ4n) is 3.82. The Morgan fingerprint density at radius 1 is 1.23 bits per heavy atom. The number of nitrogens with one attached hydrogen (secondary N) is 1. The van der Waals surface area contributed by atoms with Crippen molar-refractivity contribution in [1.82, 2.24) is 5.32 Å². The Kier molecular flexibility index (Phi) is 6.79. The fourth-order valence-corrected chi connectivity index (χ4v) is 4.78. The van der Waals surface area contributed by atoms with E-state index >= 15 is 0 Å². The maximum Gasteiger partial charge on any atom is 0.232 e. The van der Waals surface area contributed by atoms with E-state index in [4.69, 9.17) is 9.47 Å². The average molecular weight is 447 g/mol. The Labute approximate surface area is 184 Å². The molecule has 0 spiro atoms. The van der Waals surface area contributed by atoms with Gasteiger partial charge >= 0.3 is 0 Å². The minimum Gasteiger partial charge on any atom is -0.497 e. The first-order valence-electron chi connectivity index (χ1n) is 10.3. The number of rotatable bonds is 8. The quantitative estimate of drug-likeness (QED) is 0.669. The van der Waals surface area contributed by atoms with Gasteiger partial charge in [0.05, 0.1) is 25.1 Å². The lowest BCUT2D eigenvalue weighted by molar-refractivity contribution is -0.122. The number of amides is 1. The number of methoxy groups -OCH3 is 1. The van der Waals surface area contributed by atoms with Gasteiger partial charge in [-0.05, 0) is 50.6 Å². The lowest BCUT2D eigenvalue weighted by atomic mass is 9.89. The number of fused-ring (bicyclic) bond motifs is 1. The van der Waals surface area contributed by atoms with Crippen molar-refractivity contribution in [2.75, 3.05) is 24.2 Å². The Hall–Kier alpha value is -2.74. The summed E-state index contributed by atoms with van der Waals surface area (Å²) in [5.41, 5.74) is 1.06. The van der Waals surface area contributed by atoms with Crippen molar-refractivity contribution >= 4 is 21.6 Å². The van der Waals surface area contributed by atoms with Crippen LogP contribution >= 0.6 is 0 Å². The molecule has 2 aromatic rings. The van der Waals surface area contributed by atoms with E-state index in [0.29, 0.717) is 24.3 Å². The van der Waals surface area contributed by atoms with Crippen LogP contribution in [0, 0.1) is 0 Å². The van der Waals surface area contributed by atoms with Crippen molar-refractivity contribution < 1.29 is 22.7 Å². The number of carbonyl (C=O) groups excluding carboxylic acids is 1. The molecule has 2 aromatic carbocycles. The molecule has 31 heavy (non-hydrogen) atoms. The zero-order chi connectivity index (χ0) is 22.6. The molecular formula is C23H30N2O5S. The molecule has 1 amide bonds.